The smallest absolute Gasteiger partial charge is 0.240 e. The van der Waals surface area contributed by atoms with Crippen LogP contribution < -0.4 is 10.7 Å². The molecule has 0 bridgehead atoms. The summed E-state index contributed by atoms with van der Waals surface area (Å²) in [5.41, 5.74) is 5.05. The lowest BCUT2D eigenvalue weighted by Gasteiger charge is -2.09. The summed E-state index contributed by atoms with van der Waals surface area (Å²) in [6.07, 6.45) is 0.0285. The minimum Gasteiger partial charge on any atom is -0.508 e. The van der Waals surface area contributed by atoms with Gasteiger partial charge in [-0.2, -0.15) is 5.10 Å². The van der Waals surface area contributed by atoms with Crippen molar-refractivity contribution in [1.82, 2.24) is 5.43 Å². The summed E-state index contributed by atoms with van der Waals surface area (Å²) in [4.78, 5) is 23.8. The second kappa shape index (κ2) is 9.01. The van der Waals surface area contributed by atoms with Gasteiger partial charge in [-0.25, -0.2) is 5.43 Å². The highest BCUT2D eigenvalue weighted by Crippen LogP contribution is 2.23. The largest absolute Gasteiger partial charge is 0.508 e. The number of nitrogens with one attached hydrogen (secondary N) is 2. The maximum atomic E-state index is 12.0. The molecule has 2 aromatic rings. The van der Waals surface area contributed by atoms with Crippen LogP contribution in [-0.4, -0.2) is 22.6 Å². The molecular formula is C19H20ClN3O3. The predicted molar refractivity (Wildman–Crippen MR) is 103 cm³/mol. The van der Waals surface area contributed by atoms with Crippen LogP contribution in [-0.2, 0) is 9.59 Å². The molecule has 0 atom stereocenters. The molecule has 0 saturated carbocycles. The molecule has 0 heterocycles. The number of rotatable bonds is 6. The Morgan fingerprint density at radius 3 is 2.54 bits per heavy atom. The van der Waals surface area contributed by atoms with E-state index < -0.39 is 0 Å². The van der Waals surface area contributed by atoms with Gasteiger partial charge in [-0.05, 0) is 43.7 Å². The third-order valence-electron chi connectivity index (χ3n) is 3.73. The Labute approximate surface area is 156 Å². The van der Waals surface area contributed by atoms with Crippen molar-refractivity contribution in [2.45, 2.75) is 26.7 Å². The third kappa shape index (κ3) is 5.60. The summed E-state index contributed by atoms with van der Waals surface area (Å²) in [5, 5.41) is 16.7. The molecule has 0 saturated heterocycles. The van der Waals surface area contributed by atoms with Crippen LogP contribution in [0.2, 0.25) is 5.02 Å². The molecule has 0 fully saturated rings. The standard InChI is InChI=1S/C19H20ClN3O3/c1-12-16(20)7-4-8-17(12)21-18(25)9-10-19(26)23-22-13(2)14-5-3-6-15(24)11-14/h3-8,11,24H,9-10H2,1-2H3,(H,21,25)(H,23,26)/b22-13-. The molecule has 0 radical (unpaired) electrons. The Hall–Kier alpha value is -2.86. The van der Waals surface area contributed by atoms with E-state index in [9.17, 15) is 14.7 Å². The van der Waals surface area contributed by atoms with Crippen LogP contribution in [0.5, 0.6) is 5.75 Å². The highest BCUT2D eigenvalue weighted by Gasteiger charge is 2.09. The van der Waals surface area contributed by atoms with Gasteiger partial charge in [0.15, 0.2) is 0 Å². The molecule has 3 N–H and O–H groups in total. The quantitative estimate of drug-likeness (QED) is 0.533. The van der Waals surface area contributed by atoms with Crippen LogP contribution >= 0.6 is 11.6 Å². The fraction of sp³-hybridized carbons (Fsp3) is 0.211. The summed E-state index contributed by atoms with van der Waals surface area (Å²) in [5.74, 6) is -0.530. The number of hydrogen-bond donors (Lipinski definition) is 3. The molecule has 2 aromatic carbocycles. The second-order valence-electron chi connectivity index (χ2n) is 5.74. The Morgan fingerprint density at radius 1 is 1.12 bits per heavy atom. The molecular weight excluding hydrogens is 354 g/mol. The number of phenols is 1. The lowest BCUT2D eigenvalue weighted by Crippen LogP contribution is -2.22. The molecule has 0 aliphatic carbocycles. The van der Waals surface area contributed by atoms with E-state index >= 15 is 0 Å². The number of anilines is 1. The first-order valence-corrected chi connectivity index (χ1v) is 8.42. The van der Waals surface area contributed by atoms with Crippen LogP contribution in [0.15, 0.2) is 47.6 Å². The van der Waals surface area contributed by atoms with Gasteiger partial charge in [0.25, 0.3) is 0 Å². The lowest BCUT2D eigenvalue weighted by atomic mass is 10.1. The van der Waals surface area contributed by atoms with E-state index in [1.54, 1.807) is 49.4 Å². The number of hydrazone groups is 1. The fourth-order valence-corrected chi connectivity index (χ4v) is 2.35. The maximum Gasteiger partial charge on any atom is 0.240 e. The van der Waals surface area contributed by atoms with Crippen molar-refractivity contribution in [3.8, 4) is 5.75 Å². The maximum absolute atomic E-state index is 12.0. The average Bonchev–Trinajstić information content (AvgIpc) is 2.61. The van der Waals surface area contributed by atoms with Gasteiger partial charge >= 0.3 is 0 Å². The van der Waals surface area contributed by atoms with Crippen LogP contribution in [0.25, 0.3) is 0 Å². The van der Waals surface area contributed by atoms with Gasteiger partial charge in [0.2, 0.25) is 11.8 Å². The molecule has 7 heteroatoms. The lowest BCUT2D eigenvalue weighted by molar-refractivity contribution is -0.124. The molecule has 0 spiro atoms. The number of nitrogens with zero attached hydrogens (tertiary/aromatic N) is 1. The molecule has 0 aromatic heterocycles. The van der Waals surface area contributed by atoms with Crippen molar-refractivity contribution < 1.29 is 14.7 Å². The van der Waals surface area contributed by atoms with E-state index in [0.29, 0.717) is 22.0 Å². The van der Waals surface area contributed by atoms with Crippen LogP contribution in [0.3, 0.4) is 0 Å². The van der Waals surface area contributed by atoms with E-state index in [4.69, 9.17) is 11.6 Å². The number of halogens is 1. The van der Waals surface area contributed by atoms with Crippen molar-refractivity contribution >= 4 is 34.8 Å². The van der Waals surface area contributed by atoms with Gasteiger partial charge in [0, 0.05) is 29.1 Å². The highest BCUT2D eigenvalue weighted by molar-refractivity contribution is 6.31. The summed E-state index contributed by atoms with van der Waals surface area (Å²) in [6, 6.07) is 11.8. The van der Waals surface area contributed by atoms with Crippen molar-refractivity contribution in [1.29, 1.82) is 0 Å². The minimum absolute atomic E-state index is 0.00225. The van der Waals surface area contributed by atoms with Gasteiger partial charge < -0.3 is 10.4 Å². The molecule has 136 valence electrons. The zero-order valence-electron chi connectivity index (χ0n) is 14.5. The SMILES string of the molecule is C/C(=N/NC(=O)CCC(=O)Nc1cccc(Cl)c1C)c1cccc(O)c1. The summed E-state index contributed by atoms with van der Waals surface area (Å²) < 4.78 is 0. The highest BCUT2D eigenvalue weighted by atomic mass is 35.5. The van der Waals surface area contributed by atoms with Crippen molar-refractivity contribution in [2.75, 3.05) is 5.32 Å². The molecule has 2 rings (SSSR count). The summed E-state index contributed by atoms with van der Waals surface area (Å²) in [6.45, 7) is 3.52. The first kappa shape index (κ1) is 19.5. The third-order valence-corrected chi connectivity index (χ3v) is 4.14. The Morgan fingerprint density at radius 2 is 1.81 bits per heavy atom. The van der Waals surface area contributed by atoms with Gasteiger partial charge in [-0.15, -0.1) is 0 Å². The number of carbonyl (C=O) groups is 2. The van der Waals surface area contributed by atoms with Gasteiger partial charge in [-0.3, -0.25) is 9.59 Å². The van der Waals surface area contributed by atoms with Crippen molar-refractivity contribution in [3.63, 3.8) is 0 Å². The van der Waals surface area contributed by atoms with E-state index in [-0.39, 0.29) is 30.4 Å². The van der Waals surface area contributed by atoms with Gasteiger partial charge in [-0.1, -0.05) is 29.8 Å². The van der Waals surface area contributed by atoms with Crippen molar-refractivity contribution in [2.24, 2.45) is 5.10 Å². The summed E-state index contributed by atoms with van der Waals surface area (Å²) >= 11 is 6.01. The van der Waals surface area contributed by atoms with E-state index in [0.717, 1.165) is 5.56 Å². The number of hydrogen-bond acceptors (Lipinski definition) is 4. The van der Waals surface area contributed by atoms with Gasteiger partial charge in [0.05, 0.1) is 5.71 Å². The van der Waals surface area contributed by atoms with Crippen molar-refractivity contribution in [3.05, 3.63) is 58.6 Å². The second-order valence-corrected chi connectivity index (χ2v) is 6.15. The molecule has 0 aliphatic rings. The number of aromatic hydroxyl groups is 1. The molecule has 26 heavy (non-hydrogen) atoms. The monoisotopic (exact) mass is 373 g/mol. The van der Waals surface area contributed by atoms with Crippen LogP contribution in [0.4, 0.5) is 5.69 Å². The van der Waals surface area contributed by atoms with E-state index in [1.807, 2.05) is 6.92 Å². The number of phenolic OH excluding ortho intramolecular Hbond substituents is 1. The zero-order valence-corrected chi connectivity index (χ0v) is 15.3. The van der Waals surface area contributed by atoms with Gasteiger partial charge in [0.1, 0.15) is 5.75 Å². The minimum atomic E-state index is -0.373. The first-order chi connectivity index (χ1) is 12.4. The number of amides is 2. The first-order valence-electron chi connectivity index (χ1n) is 8.04. The topological polar surface area (TPSA) is 90.8 Å². The molecule has 0 aliphatic heterocycles. The normalized spacial score (nSPS) is 11.1. The van der Waals surface area contributed by atoms with E-state index in [2.05, 4.69) is 15.8 Å². The predicted octanol–water partition coefficient (Wildman–Crippen LogP) is 3.61. The Kier molecular flexibility index (Phi) is 6.74. The Bertz CT molecular complexity index is 850. The number of benzene rings is 2. The average molecular weight is 374 g/mol. The zero-order chi connectivity index (χ0) is 19.1. The fourth-order valence-electron chi connectivity index (χ4n) is 2.18. The van der Waals surface area contributed by atoms with Crippen LogP contribution in [0.1, 0.15) is 30.9 Å². The molecule has 2 amide bonds. The van der Waals surface area contributed by atoms with E-state index in [1.165, 1.54) is 0 Å². The Balaban J connectivity index is 1.83. The molecule has 0 unspecified atom stereocenters. The van der Waals surface area contributed by atoms with Crippen LogP contribution in [0, 0.1) is 6.92 Å². The summed E-state index contributed by atoms with van der Waals surface area (Å²) in [7, 11) is 0. The molecule has 6 nitrogen and oxygen atoms in total. The number of carbonyl (C=O) groups excluding carboxylic acids is 2.